The van der Waals surface area contributed by atoms with E-state index in [1.807, 2.05) is 0 Å². The van der Waals surface area contributed by atoms with Gasteiger partial charge in [0.2, 0.25) is 0 Å². The van der Waals surface area contributed by atoms with Crippen LogP contribution in [0.25, 0.3) is 44.5 Å². The van der Waals surface area contributed by atoms with Crippen LogP contribution in [-0.4, -0.2) is 0 Å². The Morgan fingerprint density at radius 1 is 0.375 bits per heavy atom. The topological polar surface area (TPSA) is 3.24 Å². The van der Waals surface area contributed by atoms with Crippen molar-refractivity contribution in [2.45, 2.75) is 96.8 Å². The summed E-state index contributed by atoms with van der Waals surface area (Å²) in [5.74, 6) is 0.504. The Bertz CT molecular complexity index is 3100. The van der Waals surface area contributed by atoms with E-state index in [0.29, 0.717) is 5.92 Å². The van der Waals surface area contributed by atoms with E-state index in [9.17, 15) is 0 Å². The summed E-state index contributed by atoms with van der Waals surface area (Å²) >= 11 is 0. The van der Waals surface area contributed by atoms with E-state index < -0.39 is 5.41 Å². The second-order valence-electron chi connectivity index (χ2n) is 21.6. The van der Waals surface area contributed by atoms with Gasteiger partial charge in [0.15, 0.2) is 0 Å². The molecule has 0 amide bonds. The van der Waals surface area contributed by atoms with Gasteiger partial charge >= 0.3 is 0 Å². The Hall–Kier alpha value is -6.44. The molecule has 0 saturated heterocycles. The van der Waals surface area contributed by atoms with E-state index in [-0.39, 0.29) is 16.2 Å². The van der Waals surface area contributed by atoms with E-state index in [4.69, 9.17) is 0 Å². The third kappa shape index (κ3) is 5.89. The highest BCUT2D eigenvalue weighted by Crippen LogP contribution is 2.64. The van der Waals surface area contributed by atoms with Crippen molar-refractivity contribution < 1.29 is 0 Å². The van der Waals surface area contributed by atoms with Crippen LogP contribution in [0.2, 0.25) is 0 Å². The van der Waals surface area contributed by atoms with Gasteiger partial charge in [-0.05, 0) is 148 Å². The smallest absolute Gasteiger partial charge is 0.0725 e. The van der Waals surface area contributed by atoms with Crippen molar-refractivity contribution in [3.63, 3.8) is 0 Å². The van der Waals surface area contributed by atoms with Gasteiger partial charge in [-0.2, -0.15) is 0 Å². The van der Waals surface area contributed by atoms with Gasteiger partial charge in [0.1, 0.15) is 0 Å². The monoisotopic (exact) mass is 829 g/mol. The number of anilines is 3. The minimum absolute atomic E-state index is 0.00571. The van der Waals surface area contributed by atoms with Crippen LogP contribution in [0.1, 0.15) is 125 Å². The van der Waals surface area contributed by atoms with Crippen molar-refractivity contribution in [2.24, 2.45) is 0 Å². The Labute approximate surface area is 381 Å². The lowest BCUT2D eigenvalue weighted by atomic mass is 9.69. The highest BCUT2D eigenvalue weighted by atomic mass is 15.1. The first-order valence-corrected chi connectivity index (χ1v) is 23.4. The summed E-state index contributed by atoms with van der Waals surface area (Å²) in [6.45, 7) is 23.3. The van der Waals surface area contributed by atoms with Crippen molar-refractivity contribution >= 4 is 17.1 Å². The fourth-order valence-electron chi connectivity index (χ4n) is 11.4. The van der Waals surface area contributed by atoms with Crippen LogP contribution in [0.5, 0.6) is 0 Å². The van der Waals surface area contributed by atoms with Gasteiger partial charge in [0, 0.05) is 22.5 Å². The Kier molecular flexibility index (Phi) is 8.84. The highest BCUT2D eigenvalue weighted by molar-refractivity contribution is 5.97. The maximum Gasteiger partial charge on any atom is 0.0725 e. The Morgan fingerprint density at radius 3 is 1.39 bits per heavy atom. The molecule has 8 aromatic carbocycles. The fraction of sp³-hybridized carbons (Fsp3) is 0.238. The first-order valence-electron chi connectivity index (χ1n) is 23.4. The summed E-state index contributed by atoms with van der Waals surface area (Å²) < 4.78 is 0. The molecule has 3 aliphatic rings. The van der Waals surface area contributed by atoms with Gasteiger partial charge in [-0.25, -0.2) is 0 Å². The molecule has 0 aliphatic heterocycles. The lowest BCUT2D eigenvalue weighted by molar-refractivity contribution is 0.586. The molecule has 64 heavy (non-hydrogen) atoms. The molecule has 0 radical (unpaired) electrons. The van der Waals surface area contributed by atoms with Crippen LogP contribution in [0.4, 0.5) is 17.1 Å². The summed E-state index contributed by atoms with van der Waals surface area (Å²) in [5, 5.41) is 0. The third-order valence-corrected chi connectivity index (χ3v) is 15.0. The second-order valence-corrected chi connectivity index (χ2v) is 21.6. The maximum absolute atomic E-state index is 2.54. The fourth-order valence-corrected chi connectivity index (χ4v) is 11.4. The zero-order chi connectivity index (χ0) is 44.5. The van der Waals surface area contributed by atoms with Crippen LogP contribution in [0.15, 0.2) is 170 Å². The van der Waals surface area contributed by atoms with Crippen LogP contribution in [0.3, 0.4) is 0 Å². The zero-order valence-electron chi connectivity index (χ0n) is 39.2. The predicted octanol–water partition coefficient (Wildman–Crippen LogP) is 17.2. The molecule has 8 aromatic rings. The molecule has 0 saturated carbocycles. The summed E-state index contributed by atoms with van der Waals surface area (Å²) in [4.78, 5) is 2.49. The first kappa shape index (κ1) is 40.3. The maximum atomic E-state index is 2.54. The zero-order valence-corrected chi connectivity index (χ0v) is 39.2. The molecule has 0 N–H and O–H groups in total. The lowest BCUT2D eigenvalue weighted by Gasteiger charge is -2.33. The van der Waals surface area contributed by atoms with Crippen molar-refractivity contribution in [1.82, 2.24) is 0 Å². The number of fused-ring (bicyclic) bond motifs is 13. The van der Waals surface area contributed by atoms with Crippen molar-refractivity contribution in [2.75, 3.05) is 4.90 Å². The number of rotatable bonds is 5. The van der Waals surface area contributed by atoms with Crippen LogP contribution in [-0.2, 0) is 21.7 Å². The van der Waals surface area contributed by atoms with Crippen LogP contribution in [0, 0.1) is 0 Å². The summed E-state index contributed by atoms with van der Waals surface area (Å²) in [6, 6.07) is 65.7. The molecule has 0 heterocycles. The van der Waals surface area contributed by atoms with Gasteiger partial charge in [-0.1, -0.05) is 203 Å². The average molecular weight is 830 g/mol. The molecular weight excluding hydrogens is 771 g/mol. The second kappa shape index (κ2) is 14.0. The molecule has 3 aliphatic carbocycles. The standard InChI is InChI=1S/C63H59N/c1-39(2)40-19-21-41(22-20-40)42-23-27-45(28-24-42)64(47-29-33-50-48-15-11-13-17-54(48)62(9,10)57(50)38-47)46-30-34-56-53(37-46)49-16-12-14-18-55(49)63(56)58-35-43(60(3,4)5)25-31-51(58)52-32-26-44(36-59(52)63)61(6,7)8/h11-39H,1-10H3. The SMILES string of the molecule is CC(C)c1ccc(-c2ccc(N(c3ccc4c(c3)-c3ccccc3C43c4cc(C(C)(C)C)ccc4-c4ccc(C(C)(C)C)cc43)c3ccc4c(c3)C(C)(C)c3ccccc3-4)cc2)cc1. The Morgan fingerprint density at radius 2 is 0.812 bits per heavy atom. The summed E-state index contributed by atoms with van der Waals surface area (Å²) in [5.41, 5.74) is 25.7. The van der Waals surface area contributed by atoms with Gasteiger partial charge in [0.05, 0.1) is 5.41 Å². The van der Waals surface area contributed by atoms with Gasteiger partial charge in [0.25, 0.3) is 0 Å². The molecule has 0 unspecified atom stereocenters. The molecular formula is C63H59N. The molecule has 1 heteroatoms. The van der Waals surface area contributed by atoms with Gasteiger partial charge < -0.3 is 4.90 Å². The number of hydrogen-bond acceptors (Lipinski definition) is 1. The van der Waals surface area contributed by atoms with E-state index in [1.165, 1.54) is 94.6 Å². The lowest BCUT2D eigenvalue weighted by Crippen LogP contribution is -2.27. The number of benzene rings is 8. The van der Waals surface area contributed by atoms with E-state index in [0.717, 1.165) is 17.1 Å². The van der Waals surface area contributed by atoms with E-state index >= 15 is 0 Å². The Balaban J connectivity index is 1.13. The highest BCUT2D eigenvalue weighted by Gasteiger charge is 2.52. The first-order chi connectivity index (χ1) is 30.6. The van der Waals surface area contributed by atoms with Crippen molar-refractivity contribution in [1.29, 1.82) is 0 Å². The molecule has 0 fully saturated rings. The molecule has 0 aromatic heterocycles. The minimum atomic E-state index is -0.446. The van der Waals surface area contributed by atoms with Crippen molar-refractivity contribution in [3.8, 4) is 44.5 Å². The van der Waals surface area contributed by atoms with E-state index in [1.54, 1.807) is 0 Å². The third-order valence-electron chi connectivity index (χ3n) is 15.0. The number of hydrogen-bond donors (Lipinski definition) is 0. The molecule has 11 rings (SSSR count). The minimum Gasteiger partial charge on any atom is -0.310 e. The average Bonchev–Trinajstić information content (AvgIpc) is 3.84. The van der Waals surface area contributed by atoms with Gasteiger partial charge in [-0.3, -0.25) is 0 Å². The molecule has 0 atom stereocenters. The largest absolute Gasteiger partial charge is 0.310 e. The van der Waals surface area contributed by atoms with E-state index in [2.05, 4.69) is 244 Å². The number of nitrogens with zero attached hydrogens (tertiary/aromatic N) is 1. The van der Waals surface area contributed by atoms with Crippen molar-refractivity contribution in [3.05, 3.63) is 220 Å². The molecule has 1 nitrogen and oxygen atoms in total. The predicted molar refractivity (Wildman–Crippen MR) is 272 cm³/mol. The van der Waals surface area contributed by atoms with Crippen LogP contribution < -0.4 is 4.90 Å². The normalized spacial score (nSPS) is 14.8. The quantitative estimate of drug-likeness (QED) is 0.167. The molecule has 316 valence electrons. The van der Waals surface area contributed by atoms with Crippen LogP contribution >= 0.6 is 0 Å². The molecule has 1 spiro atoms. The van der Waals surface area contributed by atoms with Gasteiger partial charge in [-0.15, -0.1) is 0 Å². The molecule has 0 bridgehead atoms. The summed E-state index contributed by atoms with van der Waals surface area (Å²) in [7, 11) is 0. The summed E-state index contributed by atoms with van der Waals surface area (Å²) in [6.07, 6.45) is 0.